The number of thiazole rings is 1. The first-order chi connectivity index (χ1) is 15.0. The van der Waals surface area contributed by atoms with Crippen LogP contribution in [0.2, 0.25) is 0 Å². The van der Waals surface area contributed by atoms with Gasteiger partial charge in [0.05, 0.1) is 19.8 Å². The third kappa shape index (κ3) is 7.30. The van der Waals surface area contributed by atoms with E-state index in [0.717, 1.165) is 50.0 Å². The largest absolute Gasteiger partial charge is 0.379 e. The first-order valence-corrected chi connectivity index (χ1v) is 11.6. The number of anilines is 1. The number of para-hydroxylation sites is 1. The van der Waals surface area contributed by atoms with Gasteiger partial charge >= 0.3 is 6.03 Å². The highest BCUT2D eigenvalue weighted by molar-refractivity contribution is 7.09. The van der Waals surface area contributed by atoms with Gasteiger partial charge in [0.15, 0.2) is 0 Å². The van der Waals surface area contributed by atoms with Crippen LogP contribution >= 0.6 is 11.3 Å². The summed E-state index contributed by atoms with van der Waals surface area (Å²) in [7, 11) is 0. The highest BCUT2D eigenvalue weighted by Crippen LogP contribution is 2.16. The van der Waals surface area contributed by atoms with Gasteiger partial charge in [-0.05, 0) is 38.9 Å². The topological polar surface area (TPSA) is 86.8 Å². The van der Waals surface area contributed by atoms with Crippen molar-refractivity contribution < 1.29 is 14.3 Å². The van der Waals surface area contributed by atoms with Crippen molar-refractivity contribution in [2.45, 2.75) is 32.9 Å². The molecule has 0 unspecified atom stereocenters. The Morgan fingerprint density at radius 1 is 1.23 bits per heavy atom. The summed E-state index contributed by atoms with van der Waals surface area (Å²) in [4.78, 5) is 33.6. The molecule has 1 aromatic heterocycles. The molecule has 9 heteroatoms. The molecule has 0 radical (unpaired) electrons. The summed E-state index contributed by atoms with van der Waals surface area (Å²) in [6.07, 6.45) is 0.892. The minimum Gasteiger partial charge on any atom is -0.379 e. The highest BCUT2D eigenvalue weighted by Gasteiger charge is 2.20. The van der Waals surface area contributed by atoms with Crippen LogP contribution in [0.5, 0.6) is 0 Å². The lowest BCUT2D eigenvalue weighted by atomic mass is 10.3. The van der Waals surface area contributed by atoms with Crippen molar-refractivity contribution in [3.05, 3.63) is 46.4 Å². The van der Waals surface area contributed by atoms with Crippen LogP contribution in [0.4, 0.5) is 10.5 Å². The first kappa shape index (κ1) is 23.2. The predicted molar refractivity (Wildman–Crippen MR) is 122 cm³/mol. The number of nitrogens with zero attached hydrogens (tertiary/aromatic N) is 3. The molecule has 3 rings (SSSR count). The van der Waals surface area contributed by atoms with Gasteiger partial charge in [-0.25, -0.2) is 9.78 Å². The third-order valence-electron chi connectivity index (χ3n) is 5.04. The zero-order valence-electron chi connectivity index (χ0n) is 18.2. The molecular weight excluding hydrogens is 414 g/mol. The normalized spacial score (nSPS) is 14.4. The van der Waals surface area contributed by atoms with E-state index in [1.165, 1.54) is 11.3 Å². The summed E-state index contributed by atoms with van der Waals surface area (Å²) < 4.78 is 5.34. The van der Waals surface area contributed by atoms with Crippen LogP contribution in [0.3, 0.4) is 0 Å². The molecule has 0 atom stereocenters. The Hall–Kier alpha value is -2.49. The molecule has 168 valence electrons. The van der Waals surface area contributed by atoms with Crippen LogP contribution in [-0.4, -0.2) is 72.2 Å². The summed E-state index contributed by atoms with van der Waals surface area (Å²) >= 11 is 1.39. The zero-order valence-corrected chi connectivity index (χ0v) is 19.0. The summed E-state index contributed by atoms with van der Waals surface area (Å²) in [5, 5.41) is 8.33. The summed E-state index contributed by atoms with van der Waals surface area (Å²) in [6.45, 7) is 9.30. The van der Waals surface area contributed by atoms with Crippen LogP contribution in [0.1, 0.15) is 35.8 Å². The fourth-order valence-electron chi connectivity index (χ4n) is 3.26. The Morgan fingerprint density at radius 2 is 1.97 bits per heavy atom. The molecule has 31 heavy (non-hydrogen) atoms. The smallest absolute Gasteiger partial charge is 0.322 e. The quantitative estimate of drug-likeness (QED) is 0.580. The number of ether oxygens (including phenoxy) is 1. The van der Waals surface area contributed by atoms with Crippen molar-refractivity contribution >= 4 is 29.0 Å². The van der Waals surface area contributed by atoms with Crippen molar-refractivity contribution in [3.63, 3.8) is 0 Å². The Morgan fingerprint density at radius 3 is 2.68 bits per heavy atom. The number of morpholine rings is 1. The number of aromatic nitrogens is 1. The monoisotopic (exact) mass is 445 g/mol. The molecule has 2 N–H and O–H groups in total. The Balaban J connectivity index is 1.47. The molecule has 0 aliphatic carbocycles. The SMILES string of the molecule is CC(C)N(Cc1nc(C(=O)NCCCN2CCOCC2)cs1)C(=O)Nc1ccccc1. The molecule has 1 saturated heterocycles. The fraction of sp³-hybridized carbons (Fsp3) is 0.500. The number of carbonyl (C=O) groups excluding carboxylic acids is 2. The number of rotatable bonds is 9. The number of benzene rings is 1. The summed E-state index contributed by atoms with van der Waals surface area (Å²) in [5.74, 6) is -0.172. The van der Waals surface area contributed by atoms with Gasteiger partial charge in [-0.2, -0.15) is 0 Å². The van der Waals surface area contributed by atoms with Gasteiger partial charge in [0, 0.05) is 36.7 Å². The maximum absolute atomic E-state index is 12.7. The average Bonchev–Trinajstić information content (AvgIpc) is 3.25. The Kier molecular flexibility index (Phi) is 8.81. The number of amides is 3. The number of hydrogen-bond donors (Lipinski definition) is 2. The predicted octanol–water partition coefficient (Wildman–Crippen LogP) is 3.04. The van der Waals surface area contributed by atoms with Crippen LogP contribution in [0, 0.1) is 0 Å². The lowest BCUT2D eigenvalue weighted by molar-refractivity contribution is 0.0374. The maximum Gasteiger partial charge on any atom is 0.322 e. The molecule has 2 heterocycles. The Labute approximate surface area is 187 Å². The molecule has 0 saturated carbocycles. The minimum atomic E-state index is -0.189. The van der Waals surface area contributed by atoms with Crippen molar-refractivity contribution in [1.29, 1.82) is 0 Å². The standard InChI is InChI=1S/C22H31N5O3S/c1-17(2)27(22(29)24-18-7-4-3-5-8-18)15-20-25-19(16-31-20)21(28)23-9-6-10-26-11-13-30-14-12-26/h3-5,7-8,16-17H,6,9-15H2,1-2H3,(H,23,28)(H,24,29). The zero-order chi connectivity index (χ0) is 22.1. The van der Waals surface area contributed by atoms with Gasteiger partial charge in [0.25, 0.3) is 5.91 Å². The second-order valence-electron chi connectivity index (χ2n) is 7.71. The van der Waals surface area contributed by atoms with Crippen LogP contribution < -0.4 is 10.6 Å². The molecule has 1 aliphatic rings. The van der Waals surface area contributed by atoms with E-state index in [1.807, 2.05) is 44.2 Å². The fourth-order valence-corrected chi connectivity index (χ4v) is 4.03. The average molecular weight is 446 g/mol. The van der Waals surface area contributed by atoms with E-state index in [0.29, 0.717) is 18.8 Å². The van der Waals surface area contributed by atoms with E-state index >= 15 is 0 Å². The van der Waals surface area contributed by atoms with Crippen molar-refractivity contribution in [2.24, 2.45) is 0 Å². The molecule has 2 aromatic rings. The molecular formula is C22H31N5O3S. The number of urea groups is 1. The molecule has 1 aliphatic heterocycles. The van der Waals surface area contributed by atoms with Crippen molar-refractivity contribution in [1.82, 2.24) is 20.1 Å². The van der Waals surface area contributed by atoms with E-state index in [9.17, 15) is 9.59 Å². The lowest BCUT2D eigenvalue weighted by Gasteiger charge is -2.26. The first-order valence-electron chi connectivity index (χ1n) is 10.7. The third-order valence-corrected chi connectivity index (χ3v) is 5.87. The molecule has 0 bridgehead atoms. The van der Waals surface area contributed by atoms with Gasteiger partial charge in [-0.3, -0.25) is 9.69 Å². The number of hydrogen-bond acceptors (Lipinski definition) is 6. The minimum absolute atomic E-state index is 0.00919. The van der Waals surface area contributed by atoms with Crippen molar-refractivity contribution in [2.75, 3.05) is 44.7 Å². The van der Waals surface area contributed by atoms with Gasteiger partial charge in [0.1, 0.15) is 10.7 Å². The van der Waals surface area contributed by atoms with Gasteiger partial charge in [-0.15, -0.1) is 11.3 Å². The van der Waals surface area contributed by atoms with Crippen LogP contribution in [0.25, 0.3) is 0 Å². The molecule has 0 spiro atoms. The van der Waals surface area contributed by atoms with E-state index < -0.39 is 0 Å². The molecule has 1 aromatic carbocycles. The van der Waals surface area contributed by atoms with E-state index in [2.05, 4.69) is 20.5 Å². The van der Waals surface area contributed by atoms with Crippen LogP contribution in [0.15, 0.2) is 35.7 Å². The number of nitrogens with one attached hydrogen (secondary N) is 2. The van der Waals surface area contributed by atoms with Gasteiger partial charge in [0.2, 0.25) is 0 Å². The van der Waals surface area contributed by atoms with Crippen LogP contribution in [-0.2, 0) is 11.3 Å². The Bertz CT molecular complexity index is 837. The second-order valence-corrected chi connectivity index (χ2v) is 8.65. The van der Waals surface area contributed by atoms with Gasteiger partial charge < -0.3 is 20.3 Å². The molecule has 8 nitrogen and oxygen atoms in total. The summed E-state index contributed by atoms with van der Waals surface area (Å²) in [6, 6.07) is 9.16. The second kappa shape index (κ2) is 11.8. The molecule has 3 amide bonds. The van der Waals surface area contributed by atoms with Crippen molar-refractivity contribution in [3.8, 4) is 0 Å². The van der Waals surface area contributed by atoms with E-state index in [1.54, 1.807) is 10.3 Å². The highest BCUT2D eigenvalue weighted by atomic mass is 32.1. The summed E-state index contributed by atoms with van der Waals surface area (Å²) in [5.41, 5.74) is 1.15. The van der Waals surface area contributed by atoms with E-state index in [-0.39, 0.29) is 18.0 Å². The maximum atomic E-state index is 12.7. The number of carbonyl (C=O) groups is 2. The van der Waals surface area contributed by atoms with Gasteiger partial charge in [-0.1, -0.05) is 18.2 Å². The molecule has 1 fully saturated rings. The van der Waals surface area contributed by atoms with E-state index in [4.69, 9.17) is 4.74 Å². The lowest BCUT2D eigenvalue weighted by Crippen LogP contribution is -2.39.